The lowest BCUT2D eigenvalue weighted by Gasteiger charge is -2.29. The minimum Gasteiger partial charge on any atom is -0.350 e. The molecule has 0 saturated carbocycles. The number of hydrogen-bond acceptors (Lipinski definition) is 6. The van der Waals surface area contributed by atoms with Gasteiger partial charge in [-0.3, -0.25) is 0 Å². The second kappa shape index (κ2) is 5.87. The van der Waals surface area contributed by atoms with Crippen molar-refractivity contribution in [2.24, 2.45) is 0 Å². The molecule has 0 unspecified atom stereocenters. The van der Waals surface area contributed by atoms with Crippen LogP contribution < -0.4 is 4.90 Å². The number of fused-ring (bicyclic) bond motifs is 2. The number of para-hydroxylation sites is 1. The van der Waals surface area contributed by atoms with Crippen molar-refractivity contribution in [3.8, 4) is 5.69 Å². The molecule has 0 bridgehead atoms. The summed E-state index contributed by atoms with van der Waals surface area (Å²) < 4.78 is 1.87. The number of nitrogens with zero attached hydrogens (tertiary/aromatic N) is 7. The van der Waals surface area contributed by atoms with Gasteiger partial charge in [0, 0.05) is 12.7 Å². The molecule has 0 spiro atoms. The maximum Gasteiger partial charge on any atom is 0.168 e. The molecule has 1 aliphatic rings. The van der Waals surface area contributed by atoms with Crippen molar-refractivity contribution in [2.45, 2.75) is 19.9 Å². The molecule has 0 fully saturated rings. The van der Waals surface area contributed by atoms with Gasteiger partial charge in [0.1, 0.15) is 18.0 Å². The van der Waals surface area contributed by atoms with Gasteiger partial charge in [-0.1, -0.05) is 18.2 Å². The Morgan fingerprint density at radius 3 is 2.81 bits per heavy atom. The van der Waals surface area contributed by atoms with Gasteiger partial charge in [-0.05, 0) is 31.0 Å². The summed E-state index contributed by atoms with van der Waals surface area (Å²) in [6.45, 7) is 3.52. The fourth-order valence-corrected chi connectivity index (χ4v) is 3.43. The van der Waals surface area contributed by atoms with Crippen LogP contribution in [-0.2, 0) is 13.0 Å². The summed E-state index contributed by atoms with van der Waals surface area (Å²) in [5, 5.41) is 5.52. The Labute approximate surface area is 150 Å². The first-order valence-electron chi connectivity index (χ1n) is 8.60. The number of aryl methyl sites for hydroxylation is 1. The van der Waals surface area contributed by atoms with Gasteiger partial charge in [0.2, 0.25) is 0 Å². The lowest BCUT2D eigenvalue weighted by molar-refractivity contribution is 0.695. The number of hydrogen-bond donors (Lipinski definition) is 0. The van der Waals surface area contributed by atoms with Crippen molar-refractivity contribution < 1.29 is 0 Å². The van der Waals surface area contributed by atoms with E-state index in [1.807, 2.05) is 54.3 Å². The second-order valence-electron chi connectivity index (χ2n) is 6.39. The molecule has 4 heterocycles. The van der Waals surface area contributed by atoms with Crippen LogP contribution in [0.4, 0.5) is 5.82 Å². The Morgan fingerprint density at radius 2 is 1.92 bits per heavy atom. The van der Waals surface area contributed by atoms with E-state index in [9.17, 15) is 0 Å². The first-order chi connectivity index (χ1) is 12.8. The van der Waals surface area contributed by atoms with Gasteiger partial charge < -0.3 is 4.90 Å². The fourth-order valence-electron chi connectivity index (χ4n) is 3.43. The molecule has 0 saturated heterocycles. The highest BCUT2D eigenvalue weighted by molar-refractivity contribution is 5.88. The molecule has 5 rings (SSSR count). The molecule has 3 aromatic heterocycles. The van der Waals surface area contributed by atoms with Crippen molar-refractivity contribution in [1.29, 1.82) is 0 Å². The van der Waals surface area contributed by atoms with Crippen LogP contribution in [-0.4, -0.2) is 36.3 Å². The van der Waals surface area contributed by atoms with Gasteiger partial charge >= 0.3 is 0 Å². The van der Waals surface area contributed by atoms with Crippen LogP contribution in [0.15, 0.2) is 49.1 Å². The topological polar surface area (TPSA) is 72.6 Å². The third-order valence-electron chi connectivity index (χ3n) is 4.69. The third kappa shape index (κ3) is 2.40. The molecular formula is C19H17N7. The van der Waals surface area contributed by atoms with Gasteiger partial charge in [-0.25, -0.2) is 24.6 Å². The van der Waals surface area contributed by atoms with E-state index in [1.165, 1.54) is 5.56 Å². The highest BCUT2D eigenvalue weighted by Crippen LogP contribution is 2.29. The van der Waals surface area contributed by atoms with Crippen LogP contribution in [0.5, 0.6) is 0 Å². The van der Waals surface area contributed by atoms with E-state index in [2.05, 4.69) is 25.0 Å². The van der Waals surface area contributed by atoms with Crippen LogP contribution in [0.3, 0.4) is 0 Å². The van der Waals surface area contributed by atoms with Gasteiger partial charge in [0.25, 0.3) is 0 Å². The van der Waals surface area contributed by atoms with Crippen molar-refractivity contribution in [3.63, 3.8) is 0 Å². The van der Waals surface area contributed by atoms with E-state index in [1.54, 1.807) is 6.33 Å². The minimum absolute atomic E-state index is 0.722. The zero-order chi connectivity index (χ0) is 17.5. The van der Waals surface area contributed by atoms with E-state index in [4.69, 9.17) is 4.98 Å². The molecule has 1 aliphatic heterocycles. The Hall–Kier alpha value is -3.35. The van der Waals surface area contributed by atoms with Gasteiger partial charge in [-0.15, -0.1) is 0 Å². The Kier molecular flexibility index (Phi) is 3.38. The molecular weight excluding hydrogens is 326 g/mol. The minimum atomic E-state index is 0.722. The van der Waals surface area contributed by atoms with E-state index >= 15 is 0 Å². The molecule has 0 atom stereocenters. The fraction of sp³-hybridized carbons (Fsp3) is 0.211. The molecule has 0 radical (unpaired) electrons. The number of rotatable bonds is 2. The average molecular weight is 343 g/mol. The number of anilines is 1. The summed E-state index contributed by atoms with van der Waals surface area (Å²) in [6, 6.07) is 10.0. The summed E-state index contributed by atoms with van der Waals surface area (Å²) in [5.74, 6) is 1.65. The normalized spacial score (nSPS) is 13.8. The number of aromatic nitrogens is 6. The molecule has 128 valence electrons. The van der Waals surface area contributed by atoms with Crippen LogP contribution in [0.25, 0.3) is 16.7 Å². The van der Waals surface area contributed by atoms with E-state index in [0.29, 0.717) is 0 Å². The molecule has 26 heavy (non-hydrogen) atoms. The SMILES string of the molecule is Cc1nc(N2CCc3cncnc3C2)c2cnn(-c3ccccc3)c2n1. The molecule has 1 aromatic carbocycles. The predicted octanol–water partition coefficient (Wildman–Crippen LogP) is 2.48. The van der Waals surface area contributed by atoms with E-state index in [-0.39, 0.29) is 0 Å². The average Bonchev–Trinajstić information content (AvgIpc) is 3.11. The van der Waals surface area contributed by atoms with Crippen LogP contribution >= 0.6 is 0 Å². The molecule has 4 aromatic rings. The first kappa shape index (κ1) is 14.9. The van der Waals surface area contributed by atoms with E-state index < -0.39 is 0 Å². The first-order valence-corrected chi connectivity index (χ1v) is 8.60. The van der Waals surface area contributed by atoms with Gasteiger partial charge in [0.05, 0.1) is 29.5 Å². The standard InChI is InChI=1S/C19H17N7/c1-13-23-18(25-8-7-14-9-20-12-21-17(14)11-25)16-10-22-26(19(16)24-13)15-5-3-2-4-6-15/h2-6,9-10,12H,7-8,11H2,1H3. The highest BCUT2D eigenvalue weighted by Gasteiger charge is 2.22. The van der Waals surface area contributed by atoms with Crippen molar-refractivity contribution in [2.75, 3.05) is 11.4 Å². The molecule has 7 heteroatoms. The molecule has 0 aliphatic carbocycles. The molecule has 0 N–H and O–H groups in total. The monoisotopic (exact) mass is 343 g/mol. The predicted molar refractivity (Wildman–Crippen MR) is 98.2 cm³/mol. The van der Waals surface area contributed by atoms with Crippen molar-refractivity contribution in [1.82, 2.24) is 29.7 Å². The number of benzene rings is 1. The lowest BCUT2D eigenvalue weighted by atomic mass is 10.1. The summed E-state index contributed by atoms with van der Waals surface area (Å²) in [7, 11) is 0. The largest absolute Gasteiger partial charge is 0.350 e. The Bertz CT molecular complexity index is 1090. The van der Waals surface area contributed by atoms with Gasteiger partial charge in [0.15, 0.2) is 5.65 Å². The van der Waals surface area contributed by atoms with Crippen LogP contribution in [0.1, 0.15) is 17.1 Å². The van der Waals surface area contributed by atoms with Crippen LogP contribution in [0, 0.1) is 6.92 Å². The van der Waals surface area contributed by atoms with E-state index in [0.717, 1.165) is 53.6 Å². The zero-order valence-electron chi connectivity index (χ0n) is 14.4. The highest BCUT2D eigenvalue weighted by atomic mass is 15.3. The Morgan fingerprint density at radius 1 is 1.04 bits per heavy atom. The van der Waals surface area contributed by atoms with Gasteiger partial charge in [-0.2, -0.15) is 5.10 Å². The summed E-state index contributed by atoms with van der Waals surface area (Å²) >= 11 is 0. The third-order valence-corrected chi connectivity index (χ3v) is 4.69. The maximum atomic E-state index is 4.72. The maximum absolute atomic E-state index is 4.72. The quantitative estimate of drug-likeness (QED) is 0.557. The lowest BCUT2D eigenvalue weighted by Crippen LogP contribution is -2.32. The zero-order valence-corrected chi connectivity index (χ0v) is 14.4. The van der Waals surface area contributed by atoms with Crippen molar-refractivity contribution in [3.05, 3.63) is 66.1 Å². The van der Waals surface area contributed by atoms with Crippen LogP contribution in [0.2, 0.25) is 0 Å². The summed E-state index contributed by atoms with van der Waals surface area (Å²) in [6.07, 6.45) is 6.28. The second-order valence-corrected chi connectivity index (χ2v) is 6.39. The molecule has 0 amide bonds. The van der Waals surface area contributed by atoms with Crippen molar-refractivity contribution >= 4 is 16.9 Å². The summed E-state index contributed by atoms with van der Waals surface area (Å²) in [5.41, 5.74) is 4.09. The molecule has 7 nitrogen and oxygen atoms in total. The summed E-state index contributed by atoms with van der Waals surface area (Å²) in [4.78, 5) is 20.2. The smallest absolute Gasteiger partial charge is 0.168 e. The Balaban J connectivity index is 1.62.